The van der Waals surface area contributed by atoms with E-state index >= 15 is 0 Å². The van der Waals surface area contributed by atoms with Gasteiger partial charge >= 0.3 is 6.18 Å². The lowest BCUT2D eigenvalue weighted by molar-refractivity contribution is -0.164. The molecular formula is C21H26F3N3O3S. The van der Waals surface area contributed by atoms with Gasteiger partial charge in [-0.2, -0.15) is 13.2 Å². The van der Waals surface area contributed by atoms with E-state index in [1.165, 1.54) is 11.7 Å². The molecule has 170 valence electrons. The summed E-state index contributed by atoms with van der Waals surface area (Å²) in [7, 11) is 1.51. The molecule has 0 saturated heterocycles. The number of carbonyl (C=O) groups is 1. The van der Waals surface area contributed by atoms with Crippen LogP contribution in [0.3, 0.4) is 0 Å². The van der Waals surface area contributed by atoms with Crippen molar-refractivity contribution >= 4 is 28.6 Å². The third kappa shape index (κ3) is 5.79. The summed E-state index contributed by atoms with van der Waals surface area (Å²) in [4.78, 5) is 31.3. The first-order valence-corrected chi connectivity index (χ1v) is 11.1. The number of thioether (sulfide) groups is 1. The largest absolute Gasteiger partial charge is 0.406 e. The molecular weight excluding hydrogens is 431 g/mol. The summed E-state index contributed by atoms with van der Waals surface area (Å²) in [5.74, 6) is -0.748. The van der Waals surface area contributed by atoms with Gasteiger partial charge in [-0.3, -0.25) is 14.2 Å². The normalized spacial score (nSPS) is 16.3. The zero-order valence-corrected chi connectivity index (χ0v) is 18.5. The smallest absolute Gasteiger partial charge is 0.383 e. The Hall–Kier alpha value is -2.07. The number of fused-ring (bicyclic) bond motifs is 1. The first-order chi connectivity index (χ1) is 14.6. The SMILES string of the molecule is COCC(C)n1c(SCC(=O)N(CC(F)(F)F)C(C)C2CC2)nc2ccccc2c1=O. The van der Waals surface area contributed by atoms with Gasteiger partial charge < -0.3 is 9.64 Å². The van der Waals surface area contributed by atoms with E-state index in [4.69, 9.17) is 4.74 Å². The minimum absolute atomic E-state index is 0.106. The number of alkyl halides is 3. The van der Waals surface area contributed by atoms with Crippen LogP contribution in [0.15, 0.2) is 34.2 Å². The molecule has 2 atom stereocenters. The molecule has 2 aromatic rings. The maximum atomic E-state index is 13.1. The van der Waals surface area contributed by atoms with Gasteiger partial charge in [0.2, 0.25) is 5.91 Å². The zero-order chi connectivity index (χ0) is 22.8. The van der Waals surface area contributed by atoms with Gasteiger partial charge in [-0.15, -0.1) is 0 Å². The number of rotatable bonds is 9. The highest BCUT2D eigenvalue weighted by atomic mass is 32.2. The predicted molar refractivity (Wildman–Crippen MR) is 113 cm³/mol. The molecule has 1 aliphatic rings. The van der Waals surface area contributed by atoms with Gasteiger partial charge in [0.25, 0.3) is 5.56 Å². The van der Waals surface area contributed by atoms with Crippen molar-refractivity contribution in [1.29, 1.82) is 0 Å². The second-order valence-electron chi connectivity index (χ2n) is 7.89. The summed E-state index contributed by atoms with van der Waals surface area (Å²) in [6, 6.07) is 6.01. The van der Waals surface area contributed by atoms with E-state index in [1.807, 2.05) is 0 Å². The summed E-state index contributed by atoms with van der Waals surface area (Å²) >= 11 is 0.980. The van der Waals surface area contributed by atoms with Crippen LogP contribution in [0.1, 0.15) is 32.7 Å². The van der Waals surface area contributed by atoms with Crippen molar-refractivity contribution in [1.82, 2.24) is 14.5 Å². The van der Waals surface area contributed by atoms with E-state index in [2.05, 4.69) is 4.98 Å². The topological polar surface area (TPSA) is 64.4 Å². The number of aromatic nitrogens is 2. The number of benzene rings is 1. The lowest BCUT2D eigenvalue weighted by Gasteiger charge is -2.30. The predicted octanol–water partition coefficient (Wildman–Crippen LogP) is 3.89. The minimum Gasteiger partial charge on any atom is -0.383 e. The van der Waals surface area contributed by atoms with Gasteiger partial charge in [0.15, 0.2) is 5.16 Å². The molecule has 1 heterocycles. The lowest BCUT2D eigenvalue weighted by atomic mass is 10.2. The molecule has 1 fully saturated rings. The summed E-state index contributed by atoms with van der Waals surface area (Å²) in [6.45, 7) is 2.43. The number of hydrogen-bond donors (Lipinski definition) is 0. The fourth-order valence-electron chi connectivity index (χ4n) is 3.63. The molecule has 10 heteroatoms. The van der Waals surface area contributed by atoms with E-state index in [9.17, 15) is 22.8 Å². The third-order valence-electron chi connectivity index (χ3n) is 5.41. The van der Waals surface area contributed by atoms with Crippen molar-refractivity contribution < 1.29 is 22.7 Å². The average molecular weight is 458 g/mol. The highest BCUT2D eigenvalue weighted by molar-refractivity contribution is 7.99. The Morgan fingerprint density at radius 1 is 1.32 bits per heavy atom. The Kier molecular flexibility index (Phi) is 7.31. The Balaban J connectivity index is 1.88. The molecule has 6 nitrogen and oxygen atoms in total. The van der Waals surface area contributed by atoms with Gasteiger partial charge in [0.1, 0.15) is 6.54 Å². The maximum absolute atomic E-state index is 13.1. The van der Waals surface area contributed by atoms with Crippen LogP contribution < -0.4 is 5.56 Å². The first kappa shape index (κ1) is 23.6. The molecule has 0 spiro atoms. The van der Waals surface area contributed by atoms with E-state index in [-0.39, 0.29) is 35.0 Å². The Bertz CT molecular complexity index is 991. The highest BCUT2D eigenvalue weighted by Gasteiger charge is 2.40. The quantitative estimate of drug-likeness (QED) is 0.422. The summed E-state index contributed by atoms with van der Waals surface area (Å²) in [5, 5.41) is 0.717. The number of halogens is 3. The standard InChI is InChI=1S/C21H26F3N3O3S/c1-13(10-30-3)27-19(29)16-6-4-5-7-17(16)25-20(27)31-11-18(28)26(12-21(22,23)24)14(2)15-8-9-15/h4-7,13-15H,8-12H2,1-3H3. The van der Waals surface area contributed by atoms with Crippen molar-refractivity contribution in [3.8, 4) is 0 Å². The van der Waals surface area contributed by atoms with Gasteiger partial charge in [-0.25, -0.2) is 4.98 Å². The van der Waals surface area contributed by atoms with Crippen molar-refractivity contribution in [2.75, 3.05) is 26.0 Å². The van der Waals surface area contributed by atoms with Gasteiger partial charge in [-0.05, 0) is 44.7 Å². The molecule has 1 amide bonds. The summed E-state index contributed by atoms with van der Waals surface area (Å²) < 4.78 is 45.9. The van der Waals surface area contributed by atoms with Crippen LogP contribution in [0.5, 0.6) is 0 Å². The molecule has 1 saturated carbocycles. The van der Waals surface area contributed by atoms with Gasteiger partial charge in [0, 0.05) is 13.2 Å². The van der Waals surface area contributed by atoms with Gasteiger partial charge in [-0.1, -0.05) is 23.9 Å². The first-order valence-electron chi connectivity index (χ1n) is 10.1. The van der Waals surface area contributed by atoms with Crippen molar-refractivity contribution in [3.63, 3.8) is 0 Å². The fraction of sp³-hybridized carbons (Fsp3) is 0.571. The molecule has 1 aromatic carbocycles. The summed E-state index contributed by atoms with van der Waals surface area (Å²) in [5.41, 5.74) is 0.199. The lowest BCUT2D eigenvalue weighted by Crippen LogP contribution is -2.46. The van der Waals surface area contributed by atoms with Crippen LogP contribution in [0, 0.1) is 5.92 Å². The van der Waals surface area contributed by atoms with Crippen molar-refractivity contribution in [3.05, 3.63) is 34.6 Å². The monoisotopic (exact) mass is 457 g/mol. The molecule has 31 heavy (non-hydrogen) atoms. The van der Waals surface area contributed by atoms with E-state index < -0.39 is 24.7 Å². The number of ether oxygens (including phenoxy) is 1. The molecule has 1 aromatic heterocycles. The van der Waals surface area contributed by atoms with Crippen LogP contribution in [0.2, 0.25) is 0 Å². The second-order valence-corrected chi connectivity index (χ2v) is 8.84. The number of hydrogen-bond acceptors (Lipinski definition) is 5. The summed E-state index contributed by atoms with van der Waals surface area (Å²) in [6.07, 6.45) is -2.81. The van der Waals surface area contributed by atoms with E-state index in [0.717, 1.165) is 29.5 Å². The molecule has 1 aliphatic carbocycles. The molecule has 0 N–H and O–H groups in total. The van der Waals surface area contributed by atoms with Crippen LogP contribution >= 0.6 is 11.8 Å². The van der Waals surface area contributed by atoms with Crippen molar-refractivity contribution in [2.45, 2.75) is 50.1 Å². The molecule has 0 aliphatic heterocycles. The van der Waals surface area contributed by atoms with Crippen LogP contribution in [-0.4, -0.2) is 58.6 Å². The molecule has 0 radical (unpaired) electrons. The molecule has 0 bridgehead atoms. The highest BCUT2D eigenvalue weighted by Crippen LogP contribution is 2.36. The Morgan fingerprint density at radius 3 is 2.61 bits per heavy atom. The van der Waals surface area contributed by atoms with E-state index in [1.54, 1.807) is 38.1 Å². The number of amides is 1. The Morgan fingerprint density at radius 2 is 2.00 bits per heavy atom. The second kappa shape index (κ2) is 9.60. The zero-order valence-electron chi connectivity index (χ0n) is 17.7. The third-order valence-corrected chi connectivity index (χ3v) is 6.35. The average Bonchev–Trinajstić information content (AvgIpc) is 3.54. The van der Waals surface area contributed by atoms with Crippen molar-refractivity contribution in [2.24, 2.45) is 5.92 Å². The fourth-order valence-corrected chi connectivity index (χ4v) is 4.61. The van der Waals surface area contributed by atoms with E-state index in [0.29, 0.717) is 10.9 Å². The molecule has 2 unspecified atom stereocenters. The number of methoxy groups -OCH3 is 1. The number of nitrogens with zero attached hydrogens (tertiary/aromatic N) is 3. The van der Waals surface area contributed by atoms with Crippen LogP contribution in [-0.2, 0) is 9.53 Å². The van der Waals surface area contributed by atoms with Crippen LogP contribution in [0.4, 0.5) is 13.2 Å². The number of carbonyl (C=O) groups excluding carboxylic acids is 1. The van der Waals surface area contributed by atoms with Crippen LogP contribution in [0.25, 0.3) is 10.9 Å². The van der Waals surface area contributed by atoms with Gasteiger partial charge in [0.05, 0.1) is 29.3 Å². The Labute approximate surface area is 182 Å². The number of para-hydroxylation sites is 1. The maximum Gasteiger partial charge on any atom is 0.406 e. The molecule has 3 rings (SSSR count). The minimum atomic E-state index is -4.47.